The molecule has 1 aliphatic rings. The number of hydrogen-bond donors (Lipinski definition) is 0. The maximum absolute atomic E-state index is 12.5. The Balaban J connectivity index is 2.40. The summed E-state index contributed by atoms with van der Waals surface area (Å²) in [5.41, 5.74) is 0.762. The predicted octanol–water partition coefficient (Wildman–Crippen LogP) is 4.03. The van der Waals surface area contributed by atoms with Gasteiger partial charge in [-0.15, -0.1) is 0 Å². The minimum Gasteiger partial charge on any atom is -0.340 e. The van der Waals surface area contributed by atoms with Gasteiger partial charge in [0.15, 0.2) is 0 Å². The second-order valence-corrected chi connectivity index (χ2v) is 9.85. The third-order valence-electron chi connectivity index (χ3n) is 5.42. The van der Waals surface area contributed by atoms with E-state index in [4.69, 9.17) is 0 Å². The molecule has 0 aromatic heterocycles. The molecule has 22 heavy (non-hydrogen) atoms. The Morgan fingerprint density at radius 2 is 1.36 bits per heavy atom. The normalized spacial score (nSPS) is 18.6. The van der Waals surface area contributed by atoms with E-state index in [0.717, 1.165) is 39.1 Å². The Hall–Kier alpha value is -0.570. The fourth-order valence-corrected chi connectivity index (χ4v) is 2.78. The van der Waals surface area contributed by atoms with Crippen LogP contribution >= 0.6 is 0 Å². The van der Waals surface area contributed by atoms with Crippen LogP contribution in [-0.4, -0.2) is 48.4 Å². The van der Waals surface area contributed by atoms with Gasteiger partial charge in [0.25, 0.3) is 0 Å². The van der Waals surface area contributed by atoms with E-state index in [-0.39, 0.29) is 10.8 Å². The molecule has 1 saturated heterocycles. The molecule has 1 rings (SSSR count). The van der Waals surface area contributed by atoms with Crippen LogP contribution in [0.4, 0.5) is 0 Å². The van der Waals surface area contributed by atoms with E-state index >= 15 is 0 Å². The Kier molecular flexibility index (Phi) is 6.11. The van der Waals surface area contributed by atoms with Gasteiger partial charge in [-0.25, -0.2) is 0 Å². The van der Waals surface area contributed by atoms with Crippen molar-refractivity contribution in [3.05, 3.63) is 0 Å². The lowest BCUT2D eigenvalue weighted by Crippen LogP contribution is -2.50. The molecular weight excluding hydrogens is 272 g/mol. The average molecular weight is 311 g/mol. The molecule has 130 valence electrons. The van der Waals surface area contributed by atoms with Crippen LogP contribution in [0.25, 0.3) is 0 Å². The zero-order chi connectivity index (χ0) is 17.2. The summed E-state index contributed by atoms with van der Waals surface area (Å²) >= 11 is 0. The van der Waals surface area contributed by atoms with Crippen molar-refractivity contribution in [2.45, 2.75) is 68.2 Å². The van der Waals surface area contributed by atoms with E-state index in [1.54, 1.807) is 0 Å². The van der Waals surface area contributed by atoms with Gasteiger partial charge in [-0.1, -0.05) is 55.4 Å². The molecule has 0 N–H and O–H groups in total. The molecule has 0 aromatic rings. The Bertz CT molecular complexity index is 366. The molecule has 0 radical (unpaired) electrons. The lowest BCUT2D eigenvalue weighted by Gasteiger charge is -2.40. The first-order chi connectivity index (χ1) is 9.82. The van der Waals surface area contributed by atoms with Gasteiger partial charge in [-0.3, -0.25) is 9.69 Å². The van der Waals surface area contributed by atoms with Crippen LogP contribution < -0.4 is 0 Å². The Morgan fingerprint density at radius 3 is 1.77 bits per heavy atom. The number of carbonyl (C=O) groups is 1. The van der Waals surface area contributed by atoms with Crippen molar-refractivity contribution in [3.8, 4) is 0 Å². The van der Waals surface area contributed by atoms with Crippen LogP contribution in [0.3, 0.4) is 0 Å². The number of piperazine rings is 1. The smallest absolute Gasteiger partial charge is 0.222 e. The van der Waals surface area contributed by atoms with Crippen LogP contribution in [0.1, 0.15) is 68.2 Å². The van der Waals surface area contributed by atoms with E-state index < -0.39 is 0 Å². The minimum absolute atomic E-state index is 0.191. The highest BCUT2D eigenvalue weighted by Crippen LogP contribution is 2.41. The standard InChI is InChI=1S/C19H38N2O/c1-17(2,3)15-20-11-13-21(14-12-20)16(22)9-10-19(7,8)18(4,5)6/h9-15H2,1-8H3. The summed E-state index contributed by atoms with van der Waals surface area (Å²) in [6.45, 7) is 23.1. The molecule has 1 amide bonds. The summed E-state index contributed by atoms with van der Waals surface area (Å²) < 4.78 is 0. The highest BCUT2D eigenvalue weighted by Gasteiger charge is 2.33. The number of carbonyl (C=O) groups excluding carboxylic acids is 1. The van der Waals surface area contributed by atoms with E-state index in [9.17, 15) is 4.79 Å². The lowest BCUT2D eigenvalue weighted by molar-refractivity contribution is -0.134. The second-order valence-electron chi connectivity index (χ2n) is 9.85. The SMILES string of the molecule is CC(C)(C)CN1CCN(C(=O)CCC(C)(C)C(C)(C)C)CC1. The highest BCUT2D eigenvalue weighted by molar-refractivity contribution is 5.76. The van der Waals surface area contributed by atoms with Gasteiger partial charge in [-0.2, -0.15) is 0 Å². The van der Waals surface area contributed by atoms with Crippen LogP contribution in [0.5, 0.6) is 0 Å². The lowest BCUT2D eigenvalue weighted by atomic mass is 9.67. The summed E-state index contributed by atoms with van der Waals surface area (Å²) in [6.07, 6.45) is 1.65. The molecule has 0 aliphatic carbocycles. The molecule has 0 aromatic carbocycles. The first kappa shape index (κ1) is 19.5. The zero-order valence-electron chi connectivity index (χ0n) is 16.3. The van der Waals surface area contributed by atoms with Crippen molar-refractivity contribution < 1.29 is 4.79 Å². The molecule has 3 heteroatoms. The number of nitrogens with zero attached hydrogens (tertiary/aromatic N) is 2. The van der Waals surface area contributed by atoms with Crippen molar-refractivity contribution in [1.82, 2.24) is 9.80 Å². The molecule has 0 saturated carbocycles. The first-order valence-electron chi connectivity index (χ1n) is 8.82. The maximum Gasteiger partial charge on any atom is 0.222 e. The van der Waals surface area contributed by atoms with Gasteiger partial charge < -0.3 is 4.90 Å². The summed E-state index contributed by atoms with van der Waals surface area (Å²) in [6, 6.07) is 0. The molecule has 0 spiro atoms. The monoisotopic (exact) mass is 310 g/mol. The third kappa shape index (κ3) is 5.91. The van der Waals surface area contributed by atoms with Crippen molar-refractivity contribution in [2.24, 2.45) is 16.2 Å². The quantitative estimate of drug-likeness (QED) is 0.782. The molecule has 1 heterocycles. The van der Waals surface area contributed by atoms with Crippen molar-refractivity contribution in [1.29, 1.82) is 0 Å². The Morgan fingerprint density at radius 1 is 0.864 bits per heavy atom. The Labute approximate surface area is 138 Å². The fourth-order valence-electron chi connectivity index (χ4n) is 2.78. The van der Waals surface area contributed by atoms with Crippen molar-refractivity contribution in [3.63, 3.8) is 0 Å². The summed E-state index contributed by atoms with van der Waals surface area (Å²) in [5, 5.41) is 0. The van der Waals surface area contributed by atoms with Gasteiger partial charge >= 0.3 is 0 Å². The molecule has 1 fully saturated rings. The molecule has 0 bridgehead atoms. The average Bonchev–Trinajstić information content (AvgIpc) is 2.33. The van der Waals surface area contributed by atoms with Gasteiger partial charge in [0.2, 0.25) is 5.91 Å². The minimum atomic E-state index is 0.191. The van der Waals surface area contributed by atoms with E-state index in [1.807, 2.05) is 0 Å². The van der Waals surface area contributed by atoms with Gasteiger partial charge in [0.1, 0.15) is 0 Å². The van der Waals surface area contributed by atoms with E-state index in [2.05, 4.69) is 65.2 Å². The summed E-state index contributed by atoms with van der Waals surface area (Å²) in [5.74, 6) is 0.340. The third-order valence-corrected chi connectivity index (χ3v) is 5.42. The van der Waals surface area contributed by atoms with Gasteiger partial charge in [-0.05, 0) is 22.7 Å². The number of amides is 1. The molecule has 3 nitrogen and oxygen atoms in total. The molecule has 0 atom stereocenters. The number of rotatable bonds is 4. The number of hydrogen-bond acceptors (Lipinski definition) is 2. The van der Waals surface area contributed by atoms with Crippen molar-refractivity contribution in [2.75, 3.05) is 32.7 Å². The molecular formula is C19H38N2O. The topological polar surface area (TPSA) is 23.6 Å². The van der Waals surface area contributed by atoms with Gasteiger partial charge in [0.05, 0.1) is 0 Å². The van der Waals surface area contributed by atoms with E-state index in [1.165, 1.54) is 0 Å². The predicted molar refractivity (Wildman–Crippen MR) is 94.9 cm³/mol. The molecule has 0 unspecified atom stereocenters. The first-order valence-corrected chi connectivity index (χ1v) is 8.82. The summed E-state index contributed by atoms with van der Waals surface area (Å²) in [4.78, 5) is 17.0. The second kappa shape index (κ2) is 6.90. The molecule has 1 aliphatic heterocycles. The van der Waals surface area contributed by atoms with E-state index in [0.29, 0.717) is 17.7 Å². The maximum atomic E-state index is 12.5. The van der Waals surface area contributed by atoms with Gasteiger partial charge in [0, 0.05) is 39.1 Å². The van der Waals surface area contributed by atoms with Crippen molar-refractivity contribution >= 4 is 5.91 Å². The van der Waals surface area contributed by atoms with Crippen LogP contribution in [0, 0.1) is 16.2 Å². The largest absolute Gasteiger partial charge is 0.340 e. The zero-order valence-corrected chi connectivity index (χ0v) is 16.3. The highest BCUT2D eigenvalue weighted by atomic mass is 16.2. The summed E-state index contributed by atoms with van der Waals surface area (Å²) in [7, 11) is 0. The van der Waals surface area contributed by atoms with Crippen LogP contribution in [0.15, 0.2) is 0 Å². The fraction of sp³-hybridized carbons (Fsp3) is 0.947. The van der Waals surface area contributed by atoms with Crippen LogP contribution in [0.2, 0.25) is 0 Å². The van der Waals surface area contributed by atoms with Crippen LogP contribution in [-0.2, 0) is 4.79 Å².